The van der Waals surface area contributed by atoms with E-state index in [4.69, 9.17) is 18.6 Å². The summed E-state index contributed by atoms with van der Waals surface area (Å²) in [5.41, 5.74) is 6.37. The van der Waals surface area contributed by atoms with Crippen LogP contribution in [0.2, 0.25) is 0 Å². The molecule has 0 fully saturated rings. The van der Waals surface area contributed by atoms with Crippen molar-refractivity contribution in [3.05, 3.63) is 102 Å². The average Bonchev–Trinajstić information content (AvgIpc) is 2.91. The summed E-state index contributed by atoms with van der Waals surface area (Å²) < 4.78 is 36.2. The van der Waals surface area contributed by atoms with E-state index in [-0.39, 0.29) is 11.1 Å². The number of aromatic nitrogens is 1. The highest BCUT2D eigenvalue weighted by atomic mass is 35.7. The zero-order valence-corrected chi connectivity index (χ0v) is 21.7. The molecule has 0 aliphatic carbocycles. The molecule has 0 saturated carbocycles. The Kier molecular flexibility index (Phi) is 9.89. The number of benzene rings is 3. The maximum Gasteiger partial charge on any atom is 0.335 e. The Hall–Kier alpha value is -4.12. The number of aromatic carboxylic acids is 2. The van der Waals surface area contributed by atoms with Gasteiger partial charge >= 0.3 is 11.9 Å². The fraction of sp³-hybridized carbons (Fsp3) is 0.138. The van der Waals surface area contributed by atoms with Crippen molar-refractivity contribution in [1.82, 2.24) is 0 Å². The van der Waals surface area contributed by atoms with Crippen LogP contribution in [0, 0.1) is 10.2 Å². The first kappa shape index (κ1) is 29.4. The van der Waals surface area contributed by atoms with Crippen LogP contribution in [-0.2, 0) is 6.54 Å². The summed E-state index contributed by atoms with van der Waals surface area (Å²) in [6.45, 7) is 2.92. The standard InChI is InChI=1S/C29H25NO4.ClHO4/c1-2-3-17-30-26(21-9-13-23(14-10-21)28(31)32)18-25(20-7-5-4-6-8-20)19-27(30)22-11-15-24(16-12-22)29(33)34;2-1(3,4)5/h4-16,18-19H,2-3,17H2,1H3,(H-,31,32,33,34);(H,2,3,4,5). The highest BCUT2D eigenvalue weighted by molar-refractivity contribution is 5.89. The number of hydrogen-bond acceptors (Lipinski definition) is 6. The van der Waals surface area contributed by atoms with Gasteiger partial charge in [-0.25, -0.2) is 28.2 Å². The molecule has 39 heavy (non-hydrogen) atoms. The van der Waals surface area contributed by atoms with Gasteiger partial charge in [0, 0.05) is 29.7 Å². The molecule has 4 rings (SSSR count). The molecule has 0 aliphatic rings. The number of unbranched alkanes of at least 4 members (excludes halogenated alkanes) is 1. The molecule has 0 unspecified atom stereocenters. The van der Waals surface area contributed by atoms with Gasteiger partial charge in [-0.1, -0.05) is 43.7 Å². The second-order valence-corrected chi connectivity index (χ2v) is 9.28. The minimum absolute atomic E-state index is 0.243. The van der Waals surface area contributed by atoms with E-state index < -0.39 is 22.2 Å². The number of hydrogen-bond donors (Lipinski definition) is 2. The van der Waals surface area contributed by atoms with Gasteiger partial charge in [0.2, 0.25) is 11.4 Å². The van der Waals surface area contributed by atoms with Crippen molar-refractivity contribution in [1.29, 1.82) is 0 Å². The molecule has 202 valence electrons. The van der Waals surface area contributed by atoms with E-state index in [0.29, 0.717) is 0 Å². The number of pyridine rings is 1. The summed E-state index contributed by atoms with van der Waals surface area (Å²) in [6.07, 6.45) is 1.98. The summed E-state index contributed by atoms with van der Waals surface area (Å²) in [5.74, 6) is -1.91. The van der Waals surface area contributed by atoms with E-state index in [1.54, 1.807) is 24.3 Å². The van der Waals surface area contributed by atoms with E-state index in [2.05, 4.69) is 35.8 Å². The molecule has 2 N–H and O–H groups in total. The Labute approximate surface area is 227 Å². The Bertz CT molecular complexity index is 1330. The highest BCUT2D eigenvalue weighted by Gasteiger charge is 2.23. The lowest BCUT2D eigenvalue weighted by atomic mass is 9.98. The van der Waals surface area contributed by atoms with Crippen LogP contribution in [0.5, 0.6) is 0 Å². The number of halogens is 1. The number of carboxylic acid groups (broad SMARTS) is 2. The second-order valence-electron chi connectivity index (χ2n) is 8.53. The number of carboxylic acids is 2. The van der Waals surface area contributed by atoms with Crippen molar-refractivity contribution in [3.8, 4) is 33.6 Å². The van der Waals surface area contributed by atoms with Crippen LogP contribution in [-0.4, -0.2) is 22.2 Å². The maximum atomic E-state index is 11.4. The van der Waals surface area contributed by atoms with Gasteiger partial charge in [-0.3, -0.25) is 0 Å². The van der Waals surface area contributed by atoms with E-state index in [0.717, 1.165) is 53.0 Å². The lowest BCUT2D eigenvalue weighted by Crippen LogP contribution is -2.68. The average molecular weight is 552 g/mol. The van der Waals surface area contributed by atoms with Crippen molar-refractivity contribution in [2.75, 3.05) is 0 Å². The molecular formula is C29H26ClNO8. The first-order valence-electron chi connectivity index (χ1n) is 11.9. The van der Waals surface area contributed by atoms with Gasteiger partial charge in [-0.15, -0.1) is 10.2 Å². The predicted molar refractivity (Wildman–Crippen MR) is 132 cm³/mol. The van der Waals surface area contributed by atoms with Crippen LogP contribution >= 0.6 is 0 Å². The second kappa shape index (κ2) is 13.1. The molecule has 0 bridgehead atoms. The lowest BCUT2D eigenvalue weighted by Gasteiger charge is -2.17. The molecule has 0 saturated heterocycles. The Morgan fingerprint density at radius 1 is 0.667 bits per heavy atom. The predicted octanol–water partition coefficient (Wildman–Crippen LogP) is 1.42. The van der Waals surface area contributed by atoms with E-state index in [1.807, 2.05) is 42.5 Å². The molecule has 0 amide bonds. The largest absolute Gasteiger partial charge is 0.478 e. The summed E-state index contributed by atoms with van der Waals surface area (Å²) in [5, 5.41) is 18.6. The van der Waals surface area contributed by atoms with Crippen molar-refractivity contribution < 1.29 is 53.2 Å². The lowest BCUT2D eigenvalue weighted by molar-refractivity contribution is -2.00. The fourth-order valence-electron chi connectivity index (χ4n) is 4.02. The third kappa shape index (κ3) is 8.44. The summed E-state index contributed by atoms with van der Waals surface area (Å²) in [6, 6.07) is 28.2. The first-order chi connectivity index (χ1) is 18.5. The van der Waals surface area contributed by atoms with Crippen LogP contribution in [0.4, 0.5) is 0 Å². The normalized spacial score (nSPS) is 10.9. The Morgan fingerprint density at radius 3 is 1.44 bits per heavy atom. The third-order valence-electron chi connectivity index (χ3n) is 5.86. The molecule has 9 nitrogen and oxygen atoms in total. The van der Waals surface area contributed by atoms with Crippen molar-refractivity contribution in [2.45, 2.75) is 26.3 Å². The van der Waals surface area contributed by atoms with E-state index in [1.165, 1.54) is 0 Å². The van der Waals surface area contributed by atoms with Gasteiger partial charge in [-0.05, 0) is 59.7 Å². The van der Waals surface area contributed by atoms with E-state index in [9.17, 15) is 19.8 Å². The number of rotatable bonds is 8. The number of carbonyl (C=O) groups is 2. The SMILES string of the molecule is CCCC[n+]1c(-c2ccc(C(=O)O)cc2)cc(-c2ccccc2)cc1-c1ccc(C(=O)O)cc1.[O-][Cl+3]([O-])([O-])[O-]. The molecule has 0 aliphatic heterocycles. The van der Waals surface area contributed by atoms with Crippen molar-refractivity contribution >= 4 is 11.9 Å². The molecule has 3 aromatic carbocycles. The molecule has 4 aromatic rings. The van der Waals surface area contributed by atoms with Gasteiger partial charge in [0.1, 0.15) is 6.54 Å². The fourth-order valence-corrected chi connectivity index (χ4v) is 4.02. The van der Waals surface area contributed by atoms with Crippen LogP contribution in [0.1, 0.15) is 40.5 Å². The minimum Gasteiger partial charge on any atom is -0.478 e. The Balaban J connectivity index is 0.000000771. The van der Waals surface area contributed by atoms with Crippen LogP contribution in [0.3, 0.4) is 0 Å². The van der Waals surface area contributed by atoms with Gasteiger partial charge in [0.25, 0.3) is 0 Å². The minimum atomic E-state index is -4.94. The summed E-state index contributed by atoms with van der Waals surface area (Å²) in [4.78, 5) is 22.7. The monoisotopic (exact) mass is 551 g/mol. The summed E-state index contributed by atoms with van der Waals surface area (Å²) in [7, 11) is -4.94. The molecule has 1 aromatic heterocycles. The highest BCUT2D eigenvalue weighted by Crippen LogP contribution is 2.30. The van der Waals surface area contributed by atoms with Crippen LogP contribution in [0.15, 0.2) is 91.0 Å². The topological polar surface area (TPSA) is 171 Å². The molecule has 1 heterocycles. The smallest absolute Gasteiger partial charge is 0.335 e. The van der Waals surface area contributed by atoms with Gasteiger partial charge < -0.3 is 10.2 Å². The Morgan fingerprint density at radius 2 is 1.08 bits per heavy atom. The molecule has 0 atom stereocenters. The quantitative estimate of drug-likeness (QED) is 0.309. The summed E-state index contributed by atoms with van der Waals surface area (Å²) >= 11 is 0. The maximum absolute atomic E-state index is 11.4. The number of nitrogens with zero attached hydrogens (tertiary/aromatic N) is 1. The molecular weight excluding hydrogens is 526 g/mol. The van der Waals surface area contributed by atoms with Crippen molar-refractivity contribution in [3.63, 3.8) is 0 Å². The zero-order chi connectivity index (χ0) is 28.6. The van der Waals surface area contributed by atoms with Gasteiger partial charge in [0.15, 0.2) is 0 Å². The van der Waals surface area contributed by atoms with Crippen LogP contribution in [0.25, 0.3) is 33.6 Å². The van der Waals surface area contributed by atoms with Gasteiger partial charge in [0.05, 0.1) is 11.1 Å². The van der Waals surface area contributed by atoms with Crippen molar-refractivity contribution in [2.24, 2.45) is 0 Å². The molecule has 0 radical (unpaired) electrons. The molecule has 10 heteroatoms. The van der Waals surface area contributed by atoms with E-state index >= 15 is 0 Å². The first-order valence-corrected chi connectivity index (χ1v) is 13.1. The van der Waals surface area contributed by atoms with Gasteiger partial charge in [-0.2, -0.15) is 4.57 Å². The molecule has 0 spiro atoms. The third-order valence-corrected chi connectivity index (χ3v) is 5.86. The zero-order valence-electron chi connectivity index (χ0n) is 21.0. The van der Waals surface area contributed by atoms with Crippen LogP contribution < -0.4 is 23.2 Å².